The summed E-state index contributed by atoms with van der Waals surface area (Å²) in [6.07, 6.45) is 0.558. The van der Waals surface area contributed by atoms with Gasteiger partial charge in [-0.3, -0.25) is 9.38 Å². The summed E-state index contributed by atoms with van der Waals surface area (Å²) in [5.41, 5.74) is 9.22. The molecule has 3 aromatic rings. The topological polar surface area (TPSA) is 139 Å². The molecule has 3 aliphatic rings. The number of hydrogen-bond donors (Lipinski definition) is 2. The first-order chi connectivity index (χ1) is 18.2. The van der Waals surface area contributed by atoms with Crippen LogP contribution in [-0.2, 0) is 9.84 Å². The molecular weight excluding hydrogens is 561 g/mol. The predicted molar refractivity (Wildman–Crippen MR) is 150 cm³/mol. The molecule has 4 heterocycles. The second-order valence-electron chi connectivity index (χ2n) is 9.75. The number of sulfone groups is 1. The predicted octanol–water partition coefficient (Wildman–Crippen LogP) is 1.40. The lowest BCUT2D eigenvalue weighted by Gasteiger charge is -2.48. The molecular formula is C25H31Cl2N9O2S. The normalized spacial score (nSPS) is 20.6. The summed E-state index contributed by atoms with van der Waals surface area (Å²) in [4.78, 5) is 16.3. The van der Waals surface area contributed by atoms with Gasteiger partial charge in [0, 0.05) is 25.3 Å². The molecule has 0 radical (unpaired) electrons. The monoisotopic (exact) mass is 591 g/mol. The van der Waals surface area contributed by atoms with Gasteiger partial charge in [0.25, 0.3) is 0 Å². The number of aryl methyl sites for hydroxylation is 1. The maximum atomic E-state index is 12.3. The van der Waals surface area contributed by atoms with Gasteiger partial charge in [-0.2, -0.15) is 10.1 Å². The molecule has 11 nitrogen and oxygen atoms in total. The van der Waals surface area contributed by atoms with Crippen molar-refractivity contribution in [3.8, 4) is 0 Å². The quantitative estimate of drug-likeness (QED) is 0.228. The van der Waals surface area contributed by atoms with Crippen molar-refractivity contribution in [2.24, 2.45) is 10.2 Å². The number of aromatic nitrogens is 3. The maximum Gasteiger partial charge on any atom is 0.335 e. The van der Waals surface area contributed by atoms with Gasteiger partial charge in [0.2, 0.25) is 11.2 Å². The Labute approximate surface area is 239 Å². The van der Waals surface area contributed by atoms with E-state index >= 15 is 0 Å². The third-order valence-corrected chi connectivity index (χ3v) is 9.23. The van der Waals surface area contributed by atoms with Gasteiger partial charge in [-0.1, -0.05) is 6.92 Å². The van der Waals surface area contributed by atoms with Crippen molar-refractivity contribution >= 4 is 56.1 Å². The molecule has 14 heteroatoms. The van der Waals surface area contributed by atoms with Gasteiger partial charge in [-0.05, 0) is 66.9 Å². The first-order valence-corrected chi connectivity index (χ1v) is 14.6. The number of rotatable bonds is 8. The van der Waals surface area contributed by atoms with Crippen LogP contribution in [-0.4, -0.2) is 73.3 Å². The summed E-state index contributed by atoms with van der Waals surface area (Å²) in [7, 11) is -3.29. The minimum atomic E-state index is -3.29. The van der Waals surface area contributed by atoms with Gasteiger partial charge in [0.15, 0.2) is 9.84 Å². The number of benzene rings is 2. The minimum absolute atomic E-state index is 0. The standard InChI is InChI=1S/C25H31ClN9O2S.ClH/c1-3-14-38(36,37)19-6-4-18(5-7-19)32-33-22-15-17(2)20(27)16-21(22)28-24-29-23(26)30-25(31-24)35-11-8-34(9-12-35)10-13-35;/h4-7,15-16H,3,8-14,27H2,1-2H3,(H,28,29,30,31);1H/q+1;/p-1. The van der Waals surface area contributed by atoms with Gasteiger partial charge in [0.05, 0.1) is 41.7 Å². The van der Waals surface area contributed by atoms with Gasteiger partial charge < -0.3 is 23.5 Å². The molecule has 0 spiro atoms. The summed E-state index contributed by atoms with van der Waals surface area (Å²) < 4.78 is 25.3. The van der Waals surface area contributed by atoms with Crippen molar-refractivity contribution in [1.82, 2.24) is 24.3 Å². The van der Waals surface area contributed by atoms with Crippen LogP contribution >= 0.6 is 11.6 Å². The molecule has 3 saturated heterocycles. The smallest absolute Gasteiger partial charge is 0.335 e. The Morgan fingerprint density at radius 2 is 1.72 bits per heavy atom. The molecule has 1 aromatic heterocycles. The molecule has 0 atom stereocenters. The van der Waals surface area contributed by atoms with Crippen molar-refractivity contribution in [2.45, 2.75) is 25.2 Å². The van der Waals surface area contributed by atoms with E-state index in [1.807, 2.05) is 19.9 Å². The number of nitrogens with one attached hydrogen (secondary N) is 1. The Morgan fingerprint density at radius 3 is 2.36 bits per heavy atom. The van der Waals surface area contributed by atoms with E-state index < -0.39 is 9.84 Å². The Balaban J connectivity index is 0.00000353. The Bertz CT molecular complexity index is 1460. The van der Waals surface area contributed by atoms with Crippen LogP contribution in [0.5, 0.6) is 0 Å². The number of quaternary nitrogens is 1. The summed E-state index contributed by atoms with van der Waals surface area (Å²) in [5, 5.41) is 12.1. The van der Waals surface area contributed by atoms with Crippen molar-refractivity contribution < 1.29 is 20.8 Å². The average Bonchev–Trinajstić information content (AvgIpc) is 2.91. The second-order valence-corrected chi connectivity index (χ2v) is 12.2. The third-order valence-electron chi connectivity index (χ3n) is 7.13. The fourth-order valence-corrected chi connectivity index (χ4v) is 6.29. The highest BCUT2D eigenvalue weighted by Gasteiger charge is 2.43. The van der Waals surface area contributed by atoms with Crippen LogP contribution in [0.25, 0.3) is 0 Å². The van der Waals surface area contributed by atoms with Gasteiger partial charge in [-0.25, -0.2) is 8.42 Å². The number of azo groups is 1. The number of fused-ring (bicyclic) bond motifs is 3. The SMILES string of the molecule is CCCS(=O)(=O)c1ccc(N=Nc2cc(C)c(N)cc2Nc2nc(Cl)nc([N+]34CCN(CC3)CC4)n2)cc1.[Cl-]. The number of halogens is 2. The first kappa shape index (κ1) is 29.1. The fourth-order valence-electron chi connectivity index (χ4n) is 4.81. The minimum Gasteiger partial charge on any atom is -1.00 e. The van der Waals surface area contributed by atoms with E-state index in [9.17, 15) is 8.42 Å². The van der Waals surface area contributed by atoms with Crippen molar-refractivity contribution in [3.05, 3.63) is 47.2 Å². The largest absolute Gasteiger partial charge is 1.00 e. The molecule has 3 N–H and O–H groups in total. The molecule has 208 valence electrons. The zero-order valence-corrected chi connectivity index (χ0v) is 24.1. The lowest BCUT2D eigenvalue weighted by molar-refractivity contribution is -0.0000105. The third kappa shape index (κ3) is 6.30. The van der Waals surface area contributed by atoms with Crippen molar-refractivity contribution in [2.75, 3.05) is 56.1 Å². The Hall–Kier alpha value is -2.90. The highest BCUT2D eigenvalue weighted by atomic mass is 35.5. The molecule has 3 fully saturated rings. The van der Waals surface area contributed by atoms with Gasteiger partial charge in [0.1, 0.15) is 5.69 Å². The van der Waals surface area contributed by atoms with Gasteiger partial charge >= 0.3 is 5.95 Å². The molecule has 0 unspecified atom stereocenters. The summed E-state index contributed by atoms with van der Waals surface area (Å²) >= 11 is 6.34. The molecule has 39 heavy (non-hydrogen) atoms. The zero-order valence-electron chi connectivity index (χ0n) is 21.8. The molecule has 0 amide bonds. The highest BCUT2D eigenvalue weighted by molar-refractivity contribution is 7.91. The number of nitrogen functional groups attached to an aromatic ring is 1. The zero-order chi connectivity index (χ0) is 26.9. The van der Waals surface area contributed by atoms with Crippen LogP contribution in [0.1, 0.15) is 18.9 Å². The number of hydrogen-bond acceptors (Lipinski definition) is 10. The fraction of sp³-hybridized carbons (Fsp3) is 0.400. The molecule has 2 bridgehead atoms. The highest BCUT2D eigenvalue weighted by Crippen LogP contribution is 2.34. The van der Waals surface area contributed by atoms with Crippen LogP contribution < -0.4 is 27.9 Å². The number of anilines is 3. The van der Waals surface area contributed by atoms with Gasteiger partial charge in [-0.15, -0.1) is 15.1 Å². The lowest BCUT2D eigenvalue weighted by Crippen LogP contribution is -3.00. The molecule has 6 rings (SSSR count). The van der Waals surface area contributed by atoms with Crippen LogP contribution in [0.4, 0.5) is 34.6 Å². The van der Waals surface area contributed by atoms with E-state index in [0.717, 1.165) is 44.8 Å². The van der Waals surface area contributed by atoms with E-state index in [1.54, 1.807) is 30.3 Å². The molecule has 0 saturated carbocycles. The second kappa shape index (κ2) is 11.7. The maximum absolute atomic E-state index is 12.3. The molecule has 3 aliphatic heterocycles. The van der Waals surface area contributed by atoms with Crippen LogP contribution in [0, 0.1) is 6.92 Å². The van der Waals surface area contributed by atoms with Crippen molar-refractivity contribution in [3.63, 3.8) is 0 Å². The average molecular weight is 593 g/mol. The number of nitrogens with zero attached hydrogens (tertiary/aromatic N) is 7. The van der Waals surface area contributed by atoms with Crippen LogP contribution in [0.3, 0.4) is 0 Å². The molecule has 0 aliphatic carbocycles. The van der Waals surface area contributed by atoms with E-state index in [4.69, 9.17) is 22.3 Å². The van der Waals surface area contributed by atoms with E-state index in [-0.39, 0.29) is 28.3 Å². The van der Waals surface area contributed by atoms with Crippen molar-refractivity contribution in [1.29, 1.82) is 0 Å². The summed E-state index contributed by atoms with van der Waals surface area (Å²) in [5.74, 6) is 1.08. The molecule has 2 aromatic carbocycles. The summed E-state index contributed by atoms with van der Waals surface area (Å²) in [6, 6.07) is 9.94. The Morgan fingerprint density at radius 1 is 1.05 bits per heavy atom. The van der Waals surface area contributed by atoms with Crippen LogP contribution in [0.15, 0.2) is 51.5 Å². The Kier molecular flexibility index (Phi) is 8.72. The first-order valence-electron chi connectivity index (χ1n) is 12.6. The van der Waals surface area contributed by atoms with Crippen LogP contribution in [0.2, 0.25) is 5.28 Å². The van der Waals surface area contributed by atoms with E-state index in [2.05, 4.69) is 30.4 Å². The number of piperazine rings is 3. The van der Waals surface area contributed by atoms with E-state index in [0.29, 0.717) is 45.6 Å². The number of nitrogens with two attached hydrogens (primary N) is 1. The van der Waals surface area contributed by atoms with E-state index in [1.165, 1.54) is 0 Å². The lowest BCUT2D eigenvalue weighted by atomic mass is 10.1. The summed E-state index contributed by atoms with van der Waals surface area (Å²) in [6.45, 7) is 9.57.